The van der Waals surface area contributed by atoms with Crippen LogP contribution < -0.4 is 31.7 Å². The second-order valence-electron chi connectivity index (χ2n) is 15.4. The number of carbonyl (C=O) groups is 6. The van der Waals surface area contributed by atoms with Gasteiger partial charge in [0.2, 0.25) is 33.7 Å². The van der Waals surface area contributed by atoms with E-state index in [1.54, 1.807) is 12.1 Å². The zero-order valence-corrected chi connectivity index (χ0v) is 35.9. The van der Waals surface area contributed by atoms with Crippen LogP contribution in [0.5, 0.6) is 5.75 Å². The largest absolute Gasteiger partial charge is 0.493 e. The van der Waals surface area contributed by atoms with Crippen LogP contribution in [0, 0.1) is 11.7 Å². The second-order valence-corrected chi connectivity index (χ2v) is 18.4. The number of nitrogens with zero attached hydrogens (tertiary/aromatic N) is 5. The van der Waals surface area contributed by atoms with Crippen molar-refractivity contribution >= 4 is 78.8 Å². The van der Waals surface area contributed by atoms with Gasteiger partial charge in [-0.2, -0.15) is 4.98 Å². The maximum atomic E-state index is 14.3. The number of imide groups is 2. The summed E-state index contributed by atoms with van der Waals surface area (Å²) < 4.78 is 48.5. The van der Waals surface area contributed by atoms with Crippen molar-refractivity contribution in [1.82, 2.24) is 34.7 Å². The molecule has 3 fully saturated rings. The Morgan fingerprint density at radius 1 is 0.984 bits per heavy atom. The number of hydrogen-bond acceptors (Lipinski definition) is 14. The normalized spacial score (nSPS) is 19.3. The van der Waals surface area contributed by atoms with E-state index in [0.29, 0.717) is 56.2 Å². The van der Waals surface area contributed by atoms with Gasteiger partial charge >= 0.3 is 0 Å². The summed E-state index contributed by atoms with van der Waals surface area (Å²) in [6.07, 6.45) is 4.37. The van der Waals surface area contributed by atoms with Crippen molar-refractivity contribution in [3.8, 4) is 5.75 Å². The molecule has 5 heterocycles. The Kier molecular flexibility index (Phi) is 13.8. The molecule has 4 aliphatic rings. The van der Waals surface area contributed by atoms with Crippen LogP contribution >= 0.6 is 15.9 Å². The van der Waals surface area contributed by atoms with Gasteiger partial charge in [-0.05, 0) is 91.8 Å². The van der Waals surface area contributed by atoms with Gasteiger partial charge in [0.25, 0.3) is 17.7 Å². The van der Waals surface area contributed by atoms with Gasteiger partial charge in [0, 0.05) is 50.8 Å². The van der Waals surface area contributed by atoms with Gasteiger partial charge in [-0.1, -0.05) is 12.1 Å². The lowest BCUT2D eigenvalue weighted by molar-refractivity contribution is -0.136. The Balaban J connectivity index is 0.794. The molecule has 0 spiro atoms. The number of aromatic nitrogens is 2. The lowest BCUT2D eigenvalue weighted by Gasteiger charge is -2.32. The smallest absolute Gasteiger partial charge is 0.266 e. The first kappa shape index (κ1) is 44.5. The number of amides is 6. The van der Waals surface area contributed by atoms with Gasteiger partial charge in [0.15, 0.2) is 0 Å². The highest BCUT2D eigenvalue weighted by atomic mass is 79.9. The molecule has 1 unspecified atom stereocenters. The van der Waals surface area contributed by atoms with Gasteiger partial charge in [-0.15, -0.1) is 0 Å². The Morgan fingerprint density at radius 2 is 1.73 bits per heavy atom. The molecule has 330 valence electrons. The minimum absolute atomic E-state index is 0.00916. The zero-order chi connectivity index (χ0) is 44.1. The van der Waals surface area contributed by atoms with Crippen LogP contribution in [0.3, 0.4) is 0 Å². The lowest BCUT2D eigenvalue weighted by Crippen LogP contribution is -2.54. The number of rotatable bonds is 16. The summed E-state index contributed by atoms with van der Waals surface area (Å²) in [4.78, 5) is 87.1. The van der Waals surface area contributed by atoms with Crippen molar-refractivity contribution < 1.29 is 46.3 Å². The first-order chi connectivity index (χ1) is 29.7. The Hall–Kier alpha value is -5.58. The number of nitrogens with two attached hydrogens (primary N) is 1. The Bertz CT molecular complexity index is 2370. The van der Waals surface area contributed by atoms with Crippen LogP contribution in [-0.4, -0.2) is 132 Å². The van der Waals surface area contributed by atoms with Crippen LogP contribution in [0.2, 0.25) is 0 Å². The van der Waals surface area contributed by atoms with Crippen LogP contribution in [0.1, 0.15) is 76.0 Å². The fourth-order valence-corrected chi connectivity index (χ4v) is 9.74. The molecule has 0 bridgehead atoms. The summed E-state index contributed by atoms with van der Waals surface area (Å²) in [5.74, 6) is -3.95. The molecule has 2 aromatic carbocycles. The minimum atomic E-state index is -3.64. The van der Waals surface area contributed by atoms with Crippen molar-refractivity contribution in [3.05, 3.63) is 69.6 Å². The number of ether oxygens (including phenoxy) is 1. The van der Waals surface area contributed by atoms with E-state index in [9.17, 15) is 41.6 Å². The molecule has 0 saturated carbocycles. The maximum Gasteiger partial charge on any atom is 0.266 e. The molecule has 62 heavy (non-hydrogen) atoms. The van der Waals surface area contributed by atoms with Crippen LogP contribution in [0.4, 0.5) is 21.8 Å². The van der Waals surface area contributed by atoms with Crippen molar-refractivity contribution in [2.45, 2.75) is 57.0 Å². The van der Waals surface area contributed by atoms with Crippen LogP contribution in [0.15, 0.2) is 47.1 Å². The standard InChI is InChI=1S/C40H46BrFN10O9S/c41-26-22-45-40(49-35(26)47-28-6-2-5-27(42)33(28)34(43)54)46-24-12-18-51(19-13-24)62(59,60)21-14-44-36(55)23-10-16-50(17-11-23)15-3-20-61-30-7-1-4-25-32(30)39(58)52(38(25)57)29-8-9-31(53)48-37(29)56/h1-2,4-7,22-24,29H,3,8-21H2,(H2,43,54)(H,44,55)(H,48,53,56)(H2,45,46,47,49). The molecule has 4 aliphatic heterocycles. The van der Waals surface area contributed by atoms with E-state index < -0.39 is 51.4 Å². The number of carbonyl (C=O) groups excluding carboxylic acids is 6. The minimum Gasteiger partial charge on any atom is -0.493 e. The number of benzene rings is 2. The number of fused-ring (bicyclic) bond motifs is 1. The number of likely N-dealkylation sites (tertiary alicyclic amines) is 1. The number of piperidine rings is 3. The SMILES string of the molecule is NC(=O)c1c(F)cccc1Nc1nc(NC2CCN(S(=O)(=O)CCNC(=O)C3CCN(CCCOc4cccc5c4C(=O)N(C4CCC(=O)NC4=O)C5=O)CC3)CC2)ncc1Br. The van der Waals surface area contributed by atoms with Gasteiger partial charge in [-0.25, -0.2) is 22.1 Å². The van der Waals surface area contributed by atoms with E-state index >= 15 is 0 Å². The lowest BCUT2D eigenvalue weighted by atomic mass is 9.96. The summed E-state index contributed by atoms with van der Waals surface area (Å²) in [6.45, 7) is 2.79. The average molecular weight is 942 g/mol. The van der Waals surface area contributed by atoms with Gasteiger partial charge < -0.3 is 31.3 Å². The number of nitrogens with one attached hydrogen (secondary N) is 4. The molecule has 1 aromatic heterocycles. The highest BCUT2D eigenvalue weighted by Crippen LogP contribution is 2.34. The highest BCUT2D eigenvalue weighted by Gasteiger charge is 2.46. The zero-order valence-electron chi connectivity index (χ0n) is 33.5. The summed E-state index contributed by atoms with van der Waals surface area (Å²) in [5, 5.41) is 11.1. The molecule has 3 saturated heterocycles. The van der Waals surface area contributed by atoms with E-state index in [1.165, 1.54) is 28.7 Å². The average Bonchev–Trinajstić information content (AvgIpc) is 3.49. The molecular formula is C40H46BrFN10O9S. The monoisotopic (exact) mass is 940 g/mol. The first-order valence-corrected chi connectivity index (χ1v) is 22.7. The summed E-state index contributed by atoms with van der Waals surface area (Å²) in [5.41, 5.74) is 5.45. The van der Waals surface area contributed by atoms with E-state index in [2.05, 4.69) is 52.1 Å². The van der Waals surface area contributed by atoms with Gasteiger partial charge in [0.1, 0.15) is 23.4 Å². The van der Waals surface area contributed by atoms with E-state index in [-0.39, 0.29) is 103 Å². The van der Waals surface area contributed by atoms with Gasteiger partial charge in [-0.3, -0.25) is 39.0 Å². The Morgan fingerprint density at radius 3 is 2.45 bits per heavy atom. The molecule has 3 aromatic rings. The molecule has 6 N–H and O–H groups in total. The van der Waals surface area contributed by atoms with Crippen LogP contribution in [-0.2, 0) is 24.4 Å². The molecule has 0 aliphatic carbocycles. The van der Waals surface area contributed by atoms with Crippen LogP contribution in [0.25, 0.3) is 0 Å². The molecule has 19 nitrogen and oxygen atoms in total. The first-order valence-electron chi connectivity index (χ1n) is 20.3. The quantitative estimate of drug-likeness (QED) is 0.102. The number of hydrogen-bond donors (Lipinski definition) is 5. The van der Waals surface area contributed by atoms with E-state index in [0.717, 1.165) is 11.0 Å². The second kappa shape index (κ2) is 19.2. The summed E-state index contributed by atoms with van der Waals surface area (Å²) >= 11 is 3.36. The Labute approximate surface area is 364 Å². The number of halogens is 2. The number of anilines is 3. The van der Waals surface area contributed by atoms with Crippen molar-refractivity contribution in [2.75, 3.05) is 62.3 Å². The highest BCUT2D eigenvalue weighted by molar-refractivity contribution is 9.10. The van der Waals surface area contributed by atoms with E-state index in [1.807, 2.05) is 0 Å². The molecule has 1 atom stereocenters. The predicted molar refractivity (Wildman–Crippen MR) is 225 cm³/mol. The fraction of sp³-hybridized carbons (Fsp3) is 0.450. The summed E-state index contributed by atoms with van der Waals surface area (Å²) in [6, 6.07) is 7.59. The molecule has 7 rings (SSSR count). The van der Waals surface area contributed by atoms with Crippen molar-refractivity contribution in [1.29, 1.82) is 0 Å². The molecule has 6 amide bonds. The third-order valence-electron chi connectivity index (χ3n) is 11.4. The van der Waals surface area contributed by atoms with E-state index in [4.69, 9.17) is 10.5 Å². The predicted octanol–water partition coefficient (Wildman–Crippen LogP) is 2.13. The van der Waals surface area contributed by atoms with Crippen molar-refractivity contribution in [2.24, 2.45) is 11.7 Å². The maximum absolute atomic E-state index is 14.3. The summed E-state index contributed by atoms with van der Waals surface area (Å²) in [7, 11) is -3.64. The third-order valence-corrected chi connectivity index (χ3v) is 13.8. The topological polar surface area (TPSA) is 255 Å². The molecule has 0 radical (unpaired) electrons. The number of sulfonamides is 1. The molecular weight excluding hydrogens is 895 g/mol. The third kappa shape index (κ3) is 10.0. The van der Waals surface area contributed by atoms with Gasteiger partial charge in [0.05, 0.1) is 39.2 Å². The molecule has 22 heteroatoms. The fourth-order valence-electron chi connectivity index (χ4n) is 8.06. The number of primary amides is 1. The van der Waals surface area contributed by atoms with Crippen molar-refractivity contribution in [3.63, 3.8) is 0 Å².